The molecule has 2 aliphatic rings. The highest BCUT2D eigenvalue weighted by Gasteiger charge is 2.31. The number of hydrogen-bond acceptors (Lipinski definition) is 3. The Kier molecular flexibility index (Phi) is 6.10. The van der Waals surface area contributed by atoms with Gasteiger partial charge in [-0.3, -0.25) is 4.79 Å². The third-order valence-electron chi connectivity index (χ3n) is 3.88. The van der Waals surface area contributed by atoms with E-state index in [1.165, 1.54) is 12.2 Å². The van der Waals surface area contributed by atoms with Crippen LogP contribution in [0.1, 0.15) is 26.7 Å². The van der Waals surface area contributed by atoms with Crippen molar-refractivity contribution in [2.45, 2.75) is 38.8 Å². The van der Waals surface area contributed by atoms with Gasteiger partial charge >= 0.3 is 0 Å². The van der Waals surface area contributed by atoms with Crippen LogP contribution in [0.15, 0.2) is 0 Å². The summed E-state index contributed by atoms with van der Waals surface area (Å²) in [5, 5.41) is 3.43. The van der Waals surface area contributed by atoms with E-state index in [0.29, 0.717) is 30.3 Å². The van der Waals surface area contributed by atoms with Gasteiger partial charge in [0, 0.05) is 43.1 Å². The lowest BCUT2D eigenvalue weighted by atomic mass is 10.1. The Morgan fingerprint density at radius 2 is 2.24 bits per heavy atom. The number of hydrogen-bond donors (Lipinski definition) is 1. The molecular formula is C12H23ClN2OS. The number of likely N-dealkylation sites (tertiary alicyclic amines) is 1. The Bertz CT molecular complexity index is 259. The van der Waals surface area contributed by atoms with Crippen molar-refractivity contribution in [2.75, 3.05) is 24.6 Å². The molecular weight excluding hydrogens is 256 g/mol. The normalized spacial score (nSPS) is 33.3. The Hall–Kier alpha value is 0.0700. The molecule has 0 aliphatic carbocycles. The quantitative estimate of drug-likeness (QED) is 0.835. The fourth-order valence-corrected chi connectivity index (χ4v) is 3.47. The first kappa shape index (κ1) is 15.1. The molecule has 2 fully saturated rings. The maximum atomic E-state index is 12.1. The third-order valence-corrected chi connectivity index (χ3v) is 5.01. The summed E-state index contributed by atoms with van der Waals surface area (Å²) < 4.78 is 0. The Morgan fingerprint density at radius 3 is 2.76 bits per heavy atom. The molecule has 1 amide bonds. The molecule has 3 nitrogen and oxygen atoms in total. The smallest absolute Gasteiger partial charge is 0.224 e. The highest BCUT2D eigenvalue weighted by molar-refractivity contribution is 7.99. The minimum absolute atomic E-state index is 0. The van der Waals surface area contributed by atoms with Gasteiger partial charge in [-0.1, -0.05) is 6.92 Å². The van der Waals surface area contributed by atoms with Gasteiger partial charge < -0.3 is 10.2 Å². The van der Waals surface area contributed by atoms with E-state index in [0.717, 1.165) is 18.8 Å². The monoisotopic (exact) mass is 278 g/mol. The molecule has 3 atom stereocenters. The fourth-order valence-electron chi connectivity index (χ4n) is 2.53. The molecule has 0 aromatic rings. The van der Waals surface area contributed by atoms with Crippen LogP contribution in [-0.2, 0) is 4.79 Å². The second-order valence-corrected chi connectivity index (χ2v) is 6.17. The van der Waals surface area contributed by atoms with Gasteiger partial charge in [0.15, 0.2) is 0 Å². The number of carbonyl (C=O) groups is 1. The van der Waals surface area contributed by atoms with Crippen molar-refractivity contribution in [3.63, 3.8) is 0 Å². The molecule has 1 N–H and O–H groups in total. The predicted molar refractivity (Wildman–Crippen MR) is 75.9 cm³/mol. The van der Waals surface area contributed by atoms with Crippen molar-refractivity contribution in [1.82, 2.24) is 10.2 Å². The highest BCUT2D eigenvalue weighted by atomic mass is 35.5. The zero-order valence-corrected chi connectivity index (χ0v) is 12.3. The van der Waals surface area contributed by atoms with Gasteiger partial charge in [0.05, 0.1) is 0 Å². The van der Waals surface area contributed by atoms with E-state index in [-0.39, 0.29) is 12.4 Å². The summed E-state index contributed by atoms with van der Waals surface area (Å²) in [4.78, 5) is 14.2. The lowest BCUT2D eigenvalue weighted by Crippen LogP contribution is -2.43. The molecule has 0 aromatic carbocycles. The predicted octanol–water partition coefficient (Wildman–Crippen LogP) is 1.76. The van der Waals surface area contributed by atoms with Crippen LogP contribution >= 0.6 is 24.2 Å². The molecule has 3 unspecified atom stereocenters. The summed E-state index contributed by atoms with van der Waals surface area (Å²) in [5.41, 5.74) is 0. The first-order valence-electron chi connectivity index (χ1n) is 6.29. The van der Waals surface area contributed by atoms with Gasteiger partial charge in [-0.05, 0) is 19.3 Å². The molecule has 2 aliphatic heterocycles. The molecule has 100 valence electrons. The van der Waals surface area contributed by atoms with Crippen LogP contribution in [0.2, 0.25) is 0 Å². The zero-order valence-electron chi connectivity index (χ0n) is 10.6. The van der Waals surface area contributed by atoms with Gasteiger partial charge in [-0.25, -0.2) is 0 Å². The molecule has 0 aromatic heterocycles. The average molecular weight is 279 g/mol. The van der Waals surface area contributed by atoms with Crippen molar-refractivity contribution in [3.8, 4) is 0 Å². The first-order valence-corrected chi connectivity index (χ1v) is 7.44. The SMILES string of the molecule is CC1CCN(C(=O)CC2CSCCN2)C1C.Cl. The van der Waals surface area contributed by atoms with E-state index in [9.17, 15) is 4.79 Å². The number of nitrogens with zero attached hydrogens (tertiary/aromatic N) is 1. The Morgan fingerprint density at radius 1 is 1.47 bits per heavy atom. The summed E-state index contributed by atoms with van der Waals surface area (Å²) in [6.45, 7) is 6.43. The van der Waals surface area contributed by atoms with Crippen LogP contribution in [0.5, 0.6) is 0 Å². The van der Waals surface area contributed by atoms with E-state index < -0.39 is 0 Å². The topological polar surface area (TPSA) is 32.3 Å². The van der Waals surface area contributed by atoms with Gasteiger partial charge in [0.2, 0.25) is 5.91 Å². The lowest BCUT2D eigenvalue weighted by molar-refractivity contribution is -0.132. The summed E-state index contributed by atoms with van der Waals surface area (Å²) in [6.07, 6.45) is 1.85. The van der Waals surface area contributed by atoms with E-state index in [2.05, 4.69) is 24.1 Å². The number of amides is 1. The molecule has 2 rings (SSSR count). The molecule has 0 saturated carbocycles. The minimum Gasteiger partial charge on any atom is -0.340 e. The van der Waals surface area contributed by atoms with E-state index in [1.807, 2.05) is 11.8 Å². The number of halogens is 1. The first-order chi connectivity index (χ1) is 7.68. The second-order valence-electron chi connectivity index (χ2n) is 5.02. The minimum atomic E-state index is 0. The van der Waals surface area contributed by atoms with Crippen LogP contribution < -0.4 is 5.32 Å². The van der Waals surface area contributed by atoms with Crippen LogP contribution in [0.3, 0.4) is 0 Å². The van der Waals surface area contributed by atoms with Crippen LogP contribution in [0.25, 0.3) is 0 Å². The maximum absolute atomic E-state index is 12.1. The zero-order chi connectivity index (χ0) is 11.5. The fraction of sp³-hybridized carbons (Fsp3) is 0.917. The Labute approximate surface area is 114 Å². The van der Waals surface area contributed by atoms with Gasteiger partial charge in [-0.2, -0.15) is 11.8 Å². The molecule has 0 spiro atoms. The van der Waals surface area contributed by atoms with Crippen LogP contribution in [0.4, 0.5) is 0 Å². The van der Waals surface area contributed by atoms with Crippen molar-refractivity contribution >= 4 is 30.1 Å². The number of carbonyl (C=O) groups excluding carboxylic acids is 1. The standard InChI is InChI=1S/C12H22N2OS.ClH/c1-9-3-5-14(10(9)2)12(15)7-11-8-16-6-4-13-11;/h9-11,13H,3-8H2,1-2H3;1H. The Balaban J connectivity index is 0.00000144. The number of nitrogens with one attached hydrogen (secondary N) is 1. The molecule has 5 heteroatoms. The van der Waals surface area contributed by atoms with Crippen molar-refractivity contribution in [1.29, 1.82) is 0 Å². The molecule has 2 saturated heterocycles. The number of rotatable bonds is 2. The van der Waals surface area contributed by atoms with Crippen molar-refractivity contribution < 1.29 is 4.79 Å². The van der Waals surface area contributed by atoms with Gasteiger partial charge in [0.1, 0.15) is 0 Å². The van der Waals surface area contributed by atoms with Crippen molar-refractivity contribution in [3.05, 3.63) is 0 Å². The summed E-state index contributed by atoms with van der Waals surface area (Å²) >= 11 is 1.96. The third kappa shape index (κ3) is 3.76. The van der Waals surface area contributed by atoms with Crippen LogP contribution in [-0.4, -0.2) is 47.5 Å². The van der Waals surface area contributed by atoms with E-state index in [1.54, 1.807) is 0 Å². The second kappa shape index (κ2) is 6.86. The van der Waals surface area contributed by atoms with E-state index >= 15 is 0 Å². The average Bonchev–Trinajstić information content (AvgIpc) is 2.61. The molecule has 0 radical (unpaired) electrons. The van der Waals surface area contributed by atoms with Gasteiger partial charge in [0.25, 0.3) is 0 Å². The summed E-state index contributed by atoms with van der Waals surface area (Å²) in [5.74, 6) is 3.28. The summed E-state index contributed by atoms with van der Waals surface area (Å²) in [6, 6.07) is 0.832. The summed E-state index contributed by atoms with van der Waals surface area (Å²) in [7, 11) is 0. The molecule has 17 heavy (non-hydrogen) atoms. The number of thioether (sulfide) groups is 1. The highest BCUT2D eigenvalue weighted by Crippen LogP contribution is 2.24. The van der Waals surface area contributed by atoms with Crippen LogP contribution in [0, 0.1) is 5.92 Å². The maximum Gasteiger partial charge on any atom is 0.224 e. The van der Waals surface area contributed by atoms with Gasteiger partial charge in [-0.15, -0.1) is 12.4 Å². The molecule has 2 heterocycles. The lowest BCUT2D eigenvalue weighted by Gasteiger charge is -2.28. The van der Waals surface area contributed by atoms with Crippen molar-refractivity contribution in [2.24, 2.45) is 5.92 Å². The van der Waals surface area contributed by atoms with E-state index in [4.69, 9.17) is 0 Å². The largest absolute Gasteiger partial charge is 0.340 e. The molecule has 0 bridgehead atoms.